The average molecular weight is 216 g/mol. The van der Waals surface area contributed by atoms with Crippen LogP contribution in [0.3, 0.4) is 0 Å². The van der Waals surface area contributed by atoms with Crippen molar-refractivity contribution < 1.29 is 13.5 Å². The Morgan fingerprint density at radius 2 is 1.53 bits per heavy atom. The molecular weight excluding hydrogens is 198 g/mol. The number of rotatable bonds is 3. The summed E-state index contributed by atoms with van der Waals surface area (Å²) in [6.07, 6.45) is 0. The van der Waals surface area contributed by atoms with E-state index in [0.717, 1.165) is 6.07 Å². The quantitative estimate of drug-likeness (QED) is 0.741. The molecule has 0 atom stereocenters. The van der Waals surface area contributed by atoms with E-state index in [4.69, 9.17) is 4.74 Å². The highest BCUT2D eigenvalue weighted by Crippen LogP contribution is 2.15. The fourth-order valence-corrected chi connectivity index (χ4v) is 0.875. The summed E-state index contributed by atoms with van der Waals surface area (Å²) in [6.45, 7) is 8.40. The van der Waals surface area contributed by atoms with Crippen LogP contribution in [0.5, 0.6) is 5.75 Å². The van der Waals surface area contributed by atoms with E-state index in [-0.39, 0.29) is 5.75 Å². The van der Waals surface area contributed by atoms with Crippen LogP contribution in [0.15, 0.2) is 18.2 Å². The lowest BCUT2D eigenvalue weighted by Crippen LogP contribution is -2.04. The van der Waals surface area contributed by atoms with Crippen LogP contribution in [-0.4, -0.2) is 6.61 Å². The molecule has 0 aliphatic rings. The van der Waals surface area contributed by atoms with Crippen molar-refractivity contribution in [1.29, 1.82) is 0 Å². The van der Waals surface area contributed by atoms with E-state index in [1.54, 1.807) is 0 Å². The molecule has 0 radical (unpaired) electrons. The van der Waals surface area contributed by atoms with E-state index in [9.17, 15) is 8.78 Å². The summed E-state index contributed by atoms with van der Waals surface area (Å²) in [4.78, 5) is 0. The van der Waals surface area contributed by atoms with Gasteiger partial charge in [0, 0.05) is 18.2 Å². The molecule has 0 saturated heterocycles. The smallest absolute Gasteiger partial charge is 0.129 e. The van der Waals surface area contributed by atoms with Crippen molar-refractivity contribution >= 4 is 0 Å². The lowest BCUT2D eigenvalue weighted by atomic mass is 10.2. The van der Waals surface area contributed by atoms with Gasteiger partial charge in [-0.1, -0.05) is 27.7 Å². The lowest BCUT2D eigenvalue weighted by Gasteiger charge is -2.08. The van der Waals surface area contributed by atoms with Crippen LogP contribution in [0.2, 0.25) is 0 Å². The zero-order chi connectivity index (χ0) is 11.8. The zero-order valence-corrected chi connectivity index (χ0v) is 9.68. The molecule has 1 rings (SSSR count). The summed E-state index contributed by atoms with van der Waals surface area (Å²) in [5, 5.41) is 0. The Morgan fingerprint density at radius 3 is 1.93 bits per heavy atom. The molecule has 1 aromatic carbocycles. The Hall–Kier alpha value is -1.12. The highest BCUT2D eigenvalue weighted by Gasteiger charge is 2.02. The first kappa shape index (κ1) is 13.9. The highest BCUT2D eigenvalue weighted by molar-refractivity contribution is 5.23. The zero-order valence-electron chi connectivity index (χ0n) is 9.68. The minimum absolute atomic E-state index is 0.242. The largest absolute Gasteiger partial charge is 0.493 e. The van der Waals surface area contributed by atoms with Gasteiger partial charge < -0.3 is 4.74 Å². The second-order valence-electron chi connectivity index (χ2n) is 3.31. The fraction of sp³-hybridized carbons (Fsp3) is 0.500. The van der Waals surface area contributed by atoms with Gasteiger partial charge in [0.1, 0.15) is 17.4 Å². The van der Waals surface area contributed by atoms with Crippen molar-refractivity contribution in [2.45, 2.75) is 27.7 Å². The molecule has 0 spiro atoms. The van der Waals surface area contributed by atoms with Gasteiger partial charge in [-0.05, 0) is 5.92 Å². The maximum atomic E-state index is 12.6. The second kappa shape index (κ2) is 7.21. The number of ether oxygens (including phenoxy) is 1. The maximum absolute atomic E-state index is 12.6. The fourth-order valence-electron chi connectivity index (χ4n) is 0.875. The first-order valence-corrected chi connectivity index (χ1v) is 5.17. The lowest BCUT2D eigenvalue weighted by molar-refractivity contribution is 0.268. The Kier molecular flexibility index (Phi) is 6.67. The molecular formula is C12H18F2O. The summed E-state index contributed by atoms with van der Waals surface area (Å²) in [6, 6.07) is 3.17. The van der Waals surface area contributed by atoms with E-state index in [2.05, 4.69) is 0 Å². The second-order valence-corrected chi connectivity index (χ2v) is 3.31. The molecule has 15 heavy (non-hydrogen) atoms. The predicted octanol–water partition coefficient (Wildman–Crippen LogP) is 4.03. The molecule has 0 aromatic heterocycles. The van der Waals surface area contributed by atoms with Gasteiger partial charge in [0.05, 0.1) is 6.61 Å². The minimum Gasteiger partial charge on any atom is -0.493 e. The Balaban J connectivity index is 0.000000921. The summed E-state index contributed by atoms with van der Waals surface area (Å²) >= 11 is 0. The molecule has 0 heterocycles. The van der Waals surface area contributed by atoms with Gasteiger partial charge in [-0.3, -0.25) is 0 Å². The number of benzene rings is 1. The van der Waals surface area contributed by atoms with Gasteiger partial charge in [-0.15, -0.1) is 0 Å². The molecule has 1 aromatic rings. The molecule has 0 fully saturated rings. The van der Waals surface area contributed by atoms with Crippen molar-refractivity contribution in [3.63, 3.8) is 0 Å². The third-order valence-electron chi connectivity index (χ3n) is 1.42. The third kappa shape index (κ3) is 6.05. The molecule has 0 saturated carbocycles. The van der Waals surface area contributed by atoms with Crippen molar-refractivity contribution in [2.75, 3.05) is 6.61 Å². The van der Waals surface area contributed by atoms with Crippen molar-refractivity contribution in [3.8, 4) is 5.75 Å². The molecule has 0 amide bonds. The monoisotopic (exact) mass is 216 g/mol. The SMILES string of the molecule is CC.CC(C)COc1cc(F)cc(F)c1. The van der Waals surface area contributed by atoms with Gasteiger partial charge in [-0.25, -0.2) is 8.78 Å². The number of hydrogen-bond acceptors (Lipinski definition) is 1. The Labute approximate surface area is 90.1 Å². The van der Waals surface area contributed by atoms with E-state index < -0.39 is 11.6 Å². The van der Waals surface area contributed by atoms with Crippen molar-refractivity contribution in [3.05, 3.63) is 29.8 Å². The third-order valence-corrected chi connectivity index (χ3v) is 1.42. The van der Waals surface area contributed by atoms with Crippen LogP contribution in [0.4, 0.5) is 8.78 Å². The molecule has 0 N–H and O–H groups in total. The van der Waals surface area contributed by atoms with E-state index in [0.29, 0.717) is 12.5 Å². The van der Waals surface area contributed by atoms with Crippen LogP contribution in [0.25, 0.3) is 0 Å². The predicted molar refractivity (Wildman–Crippen MR) is 58.0 cm³/mol. The van der Waals surface area contributed by atoms with Crippen LogP contribution >= 0.6 is 0 Å². The molecule has 0 aliphatic heterocycles. The normalized spacial score (nSPS) is 9.53. The first-order valence-electron chi connectivity index (χ1n) is 5.17. The summed E-state index contributed by atoms with van der Waals surface area (Å²) in [5.74, 6) is -0.643. The Bertz CT molecular complexity index is 265. The summed E-state index contributed by atoms with van der Waals surface area (Å²) < 4.78 is 30.4. The molecule has 0 unspecified atom stereocenters. The van der Waals surface area contributed by atoms with E-state index in [1.807, 2.05) is 27.7 Å². The van der Waals surface area contributed by atoms with Crippen molar-refractivity contribution in [2.24, 2.45) is 5.92 Å². The van der Waals surface area contributed by atoms with Crippen LogP contribution in [0, 0.1) is 17.6 Å². The van der Waals surface area contributed by atoms with Crippen molar-refractivity contribution in [1.82, 2.24) is 0 Å². The van der Waals surface area contributed by atoms with Crippen LogP contribution in [-0.2, 0) is 0 Å². The number of hydrogen-bond donors (Lipinski definition) is 0. The van der Waals surface area contributed by atoms with Gasteiger partial charge in [0.15, 0.2) is 0 Å². The van der Waals surface area contributed by atoms with Crippen LogP contribution in [0.1, 0.15) is 27.7 Å². The summed E-state index contributed by atoms with van der Waals surface area (Å²) in [7, 11) is 0. The molecule has 0 bridgehead atoms. The summed E-state index contributed by atoms with van der Waals surface area (Å²) in [5.41, 5.74) is 0. The molecule has 1 nitrogen and oxygen atoms in total. The van der Waals surface area contributed by atoms with Gasteiger partial charge >= 0.3 is 0 Å². The topological polar surface area (TPSA) is 9.23 Å². The average Bonchev–Trinajstić information content (AvgIpc) is 2.16. The van der Waals surface area contributed by atoms with Crippen LogP contribution < -0.4 is 4.74 Å². The maximum Gasteiger partial charge on any atom is 0.129 e. The minimum atomic E-state index is -0.612. The molecule has 3 heteroatoms. The van der Waals surface area contributed by atoms with Gasteiger partial charge in [0.2, 0.25) is 0 Å². The van der Waals surface area contributed by atoms with Gasteiger partial charge in [0.25, 0.3) is 0 Å². The van der Waals surface area contributed by atoms with E-state index in [1.165, 1.54) is 12.1 Å². The number of halogens is 2. The molecule has 86 valence electrons. The first-order chi connectivity index (χ1) is 7.08. The highest BCUT2D eigenvalue weighted by atomic mass is 19.1. The standard InChI is InChI=1S/C10H12F2O.C2H6/c1-7(2)6-13-10-4-8(11)3-9(12)5-10;1-2/h3-5,7H,6H2,1-2H3;1-2H3. The molecule has 0 aliphatic carbocycles. The van der Waals surface area contributed by atoms with E-state index >= 15 is 0 Å². The Morgan fingerprint density at radius 1 is 1.07 bits per heavy atom. The van der Waals surface area contributed by atoms with Gasteiger partial charge in [-0.2, -0.15) is 0 Å².